The van der Waals surface area contributed by atoms with Crippen molar-refractivity contribution in [3.05, 3.63) is 29.6 Å². The van der Waals surface area contributed by atoms with E-state index in [0.717, 1.165) is 18.4 Å². The van der Waals surface area contributed by atoms with Crippen molar-refractivity contribution in [3.8, 4) is 5.75 Å². The van der Waals surface area contributed by atoms with Crippen LogP contribution in [0, 0.1) is 5.82 Å². The number of para-hydroxylation sites is 1. The van der Waals surface area contributed by atoms with Gasteiger partial charge in [-0.1, -0.05) is 12.1 Å². The summed E-state index contributed by atoms with van der Waals surface area (Å²) in [4.78, 5) is 0. The van der Waals surface area contributed by atoms with Crippen molar-refractivity contribution in [1.82, 2.24) is 5.32 Å². The molecule has 0 bridgehead atoms. The van der Waals surface area contributed by atoms with Crippen LogP contribution in [-0.4, -0.2) is 32.1 Å². The Labute approximate surface area is 125 Å². The number of hydrogen-bond donors (Lipinski definition) is 1. The Kier molecular flexibility index (Phi) is 5.22. The Morgan fingerprint density at radius 1 is 1.38 bits per heavy atom. The van der Waals surface area contributed by atoms with Crippen LogP contribution in [0.25, 0.3) is 0 Å². The summed E-state index contributed by atoms with van der Waals surface area (Å²) in [5.74, 6) is -0.397. The van der Waals surface area contributed by atoms with E-state index in [1.165, 1.54) is 6.07 Å². The molecule has 4 nitrogen and oxygen atoms in total. The first-order valence-electron chi connectivity index (χ1n) is 7.25. The molecule has 1 aromatic carbocycles. The van der Waals surface area contributed by atoms with Gasteiger partial charge in [-0.2, -0.15) is 0 Å². The highest BCUT2D eigenvalue weighted by atomic mass is 32.2. The maximum absolute atomic E-state index is 13.9. The molecule has 21 heavy (non-hydrogen) atoms. The standard InChI is InChI=1S/C15H22FNO3S/c1-11(2)21(18,19)9-8-20-15-12(4-3-5-14(15)16)10-17-13-6-7-13/h3-5,11,13,17H,6-10H2,1-2H3. The van der Waals surface area contributed by atoms with Crippen molar-refractivity contribution in [2.45, 2.75) is 44.5 Å². The quantitative estimate of drug-likeness (QED) is 0.799. The number of nitrogens with one attached hydrogen (secondary N) is 1. The first kappa shape index (κ1) is 16.2. The number of ether oxygens (including phenoxy) is 1. The van der Waals surface area contributed by atoms with Gasteiger partial charge in [-0.25, -0.2) is 12.8 Å². The first-order chi connectivity index (χ1) is 9.90. The van der Waals surface area contributed by atoms with Gasteiger partial charge in [-0.05, 0) is 32.8 Å². The minimum Gasteiger partial charge on any atom is -0.489 e. The largest absolute Gasteiger partial charge is 0.489 e. The van der Waals surface area contributed by atoms with Crippen LogP contribution in [0.15, 0.2) is 18.2 Å². The fourth-order valence-electron chi connectivity index (χ4n) is 1.89. The molecule has 0 unspecified atom stereocenters. The van der Waals surface area contributed by atoms with Crippen molar-refractivity contribution in [3.63, 3.8) is 0 Å². The lowest BCUT2D eigenvalue weighted by atomic mass is 10.2. The Bertz CT molecular complexity index is 583. The monoisotopic (exact) mass is 315 g/mol. The summed E-state index contributed by atoms with van der Waals surface area (Å²) in [7, 11) is -3.17. The molecular weight excluding hydrogens is 293 g/mol. The van der Waals surface area contributed by atoms with E-state index in [0.29, 0.717) is 12.6 Å². The molecule has 1 saturated carbocycles. The Morgan fingerprint density at radius 2 is 2.10 bits per heavy atom. The SMILES string of the molecule is CC(C)S(=O)(=O)CCOc1c(F)cccc1CNC1CC1. The first-order valence-corrected chi connectivity index (χ1v) is 8.97. The third-order valence-electron chi connectivity index (χ3n) is 3.54. The molecule has 0 aromatic heterocycles. The Hall–Kier alpha value is -1.14. The third-order valence-corrected chi connectivity index (χ3v) is 5.71. The minimum absolute atomic E-state index is 0.0299. The van der Waals surface area contributed by atoms with Gasteiger partial charge < -0.3 is 10.1 Å². The zero-order valence-corrected chi connectivity index (χ0v) is 13.2. The maximum atomic E-state index is 13.9. The Morgan fingerprint density at radius 3 is 2.71 bits per heavy atom. The average molecular weight is 315 g/mol. The predicted octanol–water partition coefficient (Wildman–Crippen LogP) is 2.28. The zero-order valence-electron chi connectivity index (χ0n) is 12.4. The van der Waals surface area contributed by atoms with Gasteiger partial charge in [-0.3, -0.25) is 0 Å². The number of hydrogen-bond acceptors (Lipinski definition) is 4. The van der Waals surface area contributed by atoms with Gasteiger partial charge in [0.05, 0.1) is 11.0 Å². The van der Waals surface area contributed by atoms with Crippen molar-refractivity contribution >= 4 is 9.84 Å². The Balaban J connectivity index is 1.97. The minimum atomic E-state index is -3.17. The molecule has 6 heteroatoms. The maximum Gasteiger partial charge on any atom is 0.165 e. The van der Waals surface area contributed by atoms with Gasteiger partial charge in [-0.15, -0.1) is 0 Å². The fourth-order valence-corrected chi connectivity index (χ4v) is 2.68. The van der Waals surface area contributed by atoms with Gasteiger partial charge in [0, 0.05) is 18.2 Å². The van der Waals surface area contributed by atoms with Gasteiger partial charge in [0.25, 0.3) is 0 Å². The van der Waals surface area contributed by atoms with E-state index < -0.39 is 20.9 Å². The number of benzene rings is 1. The molecule has 0 aliphatic heterocycles. The number of rotatable bonds is 8. The van der Waals surface area contributed by atoms with Crippen LogP contribution < -0.4 is 10.1 Å². The van der Waals surface area contributed by atoms with E-state index in [1.54, 1.807) is 26.0 Å². The van der Waals surface area contributed by atoms with Crippen LogP contribution in [-0.2, 0) is 16.4 Å². The van der Waals surface area contributed by atoms with Gasteiger partial charge >= 0.3 is 0 Å². The molecule has 0 amide bonds. The lowest BCUT2D eigenvalue weighted by Gasteiger charge is -2.14. The molecule has 0 atom stereocenters. The van der Waals surface area contributed by atoms with Gasteiger partial charge in [0.1, 0.15) is 6.61 Å². The summed E-state index contributed by atoms with van der Waals surface area (Å²) in [5.41, 5.74) is 0.726. The van der Waals surface area contributed by atoms with Crippen molar-refractivity contribution in [2.24, 2.45) is 0 Å². The van der Waals surface area contributed by atoms with Crippen LogP contribution in [0.5, 0.6) is 5.75 Å². The van der Waals surface area contributed by atoms with E-state index in [-0.39, 0.29) is 18.1 Å². The van der Waals surface area contributed by atoms with E-state index in [2.05, 4.69) is 5.32 Å². The molecule has 118 valence electrons. The van der Waals surface area contributed by atoms with E-state index in [1.807, 2.05) is 0 Å². The predicted molar refractivity (Wildman–Crippen MR) is 80.7 cm³/mol. The van der Waals surface area contributed by atoms with Crippen molar-refractivity contribution < 1.29 is 17.5 Å². The molecule has 0 radical (unpaired) electrons. The molecule has 1 N–H and O–H groups in total. The lowest BCUT2D eigenvalue weighted by Crippen LogP contribution is -2.23. The zero-order chi connectivity index (χ0) is 15.5. The highest BCUT2D eigenvalue weighted by Crippen LogP contribution is 2.25. The summed E-state index contributed by atoms with van der Waals surface area (Å²) in [5, 5.41) is 2.85. The summed E-state index contributed by atoms with van der Waals surface area (Å²) in [6, 6.07) is 5.27. The molecule has 0 saturated heterocycles. The number of halogens is 1. The van der Waals surface area contributed by atoms with Crippen LogP contribution in [0.1, 0.15) is 32.3 Å². The van der Waals surface area contributed by atoms with E-state index >= 15 is 0 Å². The summed E-state index contributed by atoms with van der Waals surface area (Å²) < 4.78 is 42.7. The van der Waals surface area contributed by atoms with Crippen LogP contribution >= 0.6 is 0 Å². The second-order valence-corrected chi connectivity index (χ2v) is 8.32. The van der Waals surface area contributed by atoms with Crippen LogP contribution in [0.4, 0.5) is 4.39 Å². The van der Waals surface area contributed by atoms with E-state index in [4.69, 9.17) is 4.74 Å². The van der Waals surface area contributed by atoms with E-state index in [9.17, 15) is 12.8 Å². The topological polar surface area (TPSA) is 55.4 Å². The second kappa shape index (κ2) is 6.75. The van der Waals surface area contributed by atoms with Crippen LogP contribution in [0.2, 0.25) is 0 Å². The summed E-state index contributed by atoms with van der Waals surface area (Å²) in [6.45, 7) is 3.76. The normalized spacial score (nSPS) is 15.4. The fraction of sp³-hybridized carbons (Fsp3) is 0.600. The van der Waals surface area contributed by atoms with Crippen molar-refractivity contribution in [1.29, 1.82) is 0 Å². The third kappa shape index (κ3) is 4.68. The highest BCUT2D eigenvalue weighted by Gasteiger charge is 2.21. The average Bonchev–Trinajstić information content (AvgIpc) is 3.22. The van der Waals surface area contributed by atoms with Crippen molar-refractivity contribution in [2.75, 3.05) is 12.4 Å². The molecule has 1 fully saturated rings. The smallest absolute Gasteiger partial charge is 0.165 e. The molecule has 1 aromatic rings. The molecule has 1 aliphatic carbocycles. The lowest BCUT2D eigenvalue weighted by molar-refractivity contribution is 0.317. The van der Waals surface area contributed by atoms with Gasteiger partial charge in [0.15, 0.2) is 21.4 Å². The molecule has 1 aliphatic rings. The van der Waals surface area contributed by atoms with Crippen LogP contribution in [0.3, 0.4) is 0 Å². The highest BCUT2D eigenvalue weighted by molar-refractivity contribution is 7.91. The second-order valence-electron chi connectivity index (χ2n) is 5.65. The molecular formula is C15H22FNO3S. The molecule has 0 heterocycles. The molecule has 2 rings (SSSR count). The summed E-state index contributed by atoms with van der Waals surface area (Å²) in [6.07, 6.45) is 2.30. The summed E-state index contributed by atoms with van der Waals surface area (Å²) >= 11 is 0. The molecule has 0 spiro atoms. The number of sulfone groups is 1. The van der Waals surface area contributed by atoms with Gasteiger partial charge in [0.2, 0.25) is 0 Å².